The Morgan fingerprint density at radius 2 is 0.744 bits per heavy atom. The second kappa shape index (κ2) is 35.7. The van der Waals surface area contributed by atoms with Gasteiger partial charge >= 0.3 is 0 Å². The number of hydrogen-bond donors (Lipinski definition) is 4. The molecule has 1 rings (SSSR count). The second-order valence-electron chi connectivity index (χ2n) is 27.1. The minimum atomic E-state index is -1.21. The number of carbonyl (C=O) groups is 11. The summed E-state index contributed by atoms with van der Waals surface area (Å²) in [5, 5.41) is 11.2. The Balaban J connectivity index is 4.33. The van der Waals surface area contributed by atoms with Gasteiger partial charge < -0.3 is 55.6 Å². The third kappa shape index (κ3) is 22.6. The quantitative estimate of drug-likeness (QED) is 0.151. The van der Waals surface area contributed by atoms with Crippen molar-refractivity contribution in [3.8, 4) is 0 Å². The number of likely N-dealkylation sites (N-methyl/N-ethyl adjacent to an activating group) is 7. The van der Waals surface area contributed by atoms with Crippen LogP contribution in [0.1, 0.15) is 170 Å². The molecule has 4 unspecified atom stereocenters. The average molecular weight is 1210 g/mol. The third-order valence-electron chi connectivity index (χ3n) is 16.3. The molecule has 0 radical (unpaired) electrons. The van der Waals surface area contributed by atoms with Crippen LogP contribution in [-0.2, 0) is 52.7 Å². The average Bonchev–Trinajstić information content (AvgIpc) is 2.42. The van der Waals surface area contributed by atoms with Gasteiger partial charge in [0.05, 0.1) is 6.54 Å². The molecule has 11 amide bonds. The van der Waals surface area contributed by atoms with Gasteiger partial charge in [-0.15, -0.1) is 0 Å². The molecule has 1 aliphatic heterocycles. The predicted molar refractivity (Wildman–Crippen MR) is 336 cm³/mol. The maximum atomic E-state index is 15.2. The minimum Gasteiger partial charge on any atom is -0.343 e. The highest BCUT2D eigenvalue weighted by atomic mass is 16.2. The van der Waals surface area contributed by atoms with Crippen molar-refractivity contribution in [2.45, 2.75) is 230 Å². The standard InChI is InChI=1S/C64H115N11O11/c1-26-27-28-29-43(16)34-48-58(80)67-52(40(10)11)62(84)69(19)35-51(76)70(20)46(30-36(2)3)57(79)68-53(41(12)13)63(85)71(21)47(31-37(4)5)56(78)65-44(17)55(77)66-45(18)59(81)73(23)49(32-38(6)7)60(82)74(24)50(33-39(8)9)61(83)75(25)54(42(14)15)64(86)72(48)22/h27-28,36-50,52-54H,26,29-35H2,1-25H3,(H,65,78)(H,66,77)(H,67,80)(H,68,79)/b28-27+/t43-,44?,45-,46-,47-,48?,49+,50+,52?,53?,54+/m1/s1. The molecule has 1 aliphatic rings. The van der Waals surface area contributed by atoms with E-state index in [4.69, 9.17) is 0 Å². The highest BCUT2D eigenvalue weighted by Gasteiger charge is 2.44. The van der Waals surface area contributed by atoms with E-state index in [1.165, 1.54) is 97.5 Å². The van der Waals surface area contributed by atoms with E-state index < -0.39 is 150 Å². The van der Waals surface area contributed by atoms with Crippen LogP contribution in [0.4, 0.5) is 0 Å². The molecule has 492 valence electrons. The molecule has 0 bridgehead atoms. The van der Waals surface area contributed by atoms with Crippen molar-refractivity contribution < 1.29 is 52.7 Å². The lowest BCUT2D eigenvalue weighted by Gasteiger charge is -2.41. The lowest BCUT2D eigenvalue weighted by atomic mass is 9.93. The van der Waals surface area contributed by atoms with E-state index in [0.717, 1.165) is 6.42 Å². The van der Waals surface area contributed by atoms with Crippen LogP contribution in [0.2, 0.25) is 0 Å². The molecule has 0 spiro atoms. The first kappa shape index (κ1) is 77.9. The van der Waals surface area contributed by atoms with Gasteiger partial charge in [-0.25, -0.2) is 0 Å². The fraction of sp³-hybridized carbons (Fsp3) is 0.797. The smallest absolute Gasteiger partial charge is 0.246 e. The number of nitrogens with zero attached hydrogens (tertiary/aromatic N) is 7. The Kier molecular flexibility index (Phi) is 32.3. The van der Waals surface area contributed by atoms with Gasteiger partial charge in [0.15, 0.2) is 0 Å². The van der Waals surface area contributed by atoms with Crippen molar-refractivity contribution in [1.82, 2.24) is 55.6 Å². The number of allylic oxidation sites excluding steroid dienone is 2. The van der Waals surface area contributed by atoms with Crippen molar-refractivity contribution in [1.29, 1.82) is 0 Å². The summed E-state index contributed by atoms with van der Waals surface area (Å²) in [5.41, 5.74) is 0. The fourth-order valence-corrected chi connectivity index (χ4v) is 10.9. The van der Waals surface area contributed by atoms with Crippen LogP contribution in [0.25, 0.3) is 0 Å². The van der Waals surface area contributed by atoms with Crippen LogP contribution in [0, 0.1) is 47.3 Å². The zero-order valence-corrected chi connectivity index (χ0v) is 57.3. The first-order chi connectivity index (χ1) is 39.7. The molecule has 4 N–H and O–H groups in total. The SMILES string of the molecule is CC/C=C/C[C@@H](C)CC1C(=O)NC(C(C)C)C(=O)N(C)CC(=O)N(C)[C@H](CC(C)C)C(=O)NC(C(C)C)C(=O)N(C)[C@H](CC(C)C)C(=O)NC(C)C(=O)N[C@H](C)C(=O)N(C)[C@@H](CC(C)C)C(=O)N(C)[C@@H](CC(C)C)C(=O)N(C)[C@@H](C(C)C)C(=O)N1C. The summed E-state index contributed by atoms with van der Waals surface area (Å²) in [6.07, 6.45) is 6.30. The molecule has 86 heavy (non-hydrogen) atoms. The lowest BCUT2D eigenvalue weighted by molar-refractivity contribution is -0.156. The Bertz CT molecular complexity index is 2340. The molecular weight excluding hydrogens is 1100 g/mol. The van der Waals surface area contributed by atoms with Crippen molar-refractivity contribution in [3.05, 3.63) is 12.2 Å². The fourth-order valence-electron chi connectivity index (χ4n) is 10.9. The first-order valence-corrected chi connectivity index (χ1v) is 31.4. The van der Waals surface area contributed by atoms with Gasteiger partial charge in [-0.05, 0) is 106 Å². The van der Waals surface area contributed by atoms with Gasteiger partial charge in [-0.1, -0.05) is 123 Å². The zero-order chi connectivity index (χ0) is 66.7. The maximum absolute atomic E-state index is 15.2. The van der Waals surface area contributed by atoms with Gasteiger partial charge in [-0.2, -0.15) is 0 Å². The van der Waals surface area contributed by atoms with Gasteiger partial charge in [-0.3, -0.25) is 52.7 Å². The molecular formula is C64H115N11O11. The maximum Gasteiger partial charge on any atom is 0.246 e. The number of nitrogens with one attached hydrogen (secondary N) is 4. The van der Waals surface area contributed by atoms with E-state index in [0.29, 0.717) is 6.42 Å². The highest BCUT2D eigenvalue weighted by Crippen LogP contribution is 2.26. The number of carbonyl (C=O) groups excluding carboxylic acids is 11. The van der Waals surface area contributed by atoms with E-state index in [9.17, 15) is 43.2 Å². The number of rotatable bonds is 16. The number of hydrogen-bond acceptors (Lipinski definition) is 11. The van der Waals surface area contributed by atoms with Crippen LogP contribution in [0.3, 0.4) is 0 Å². The van der Waals surface area contributed by atoms with Crippen LogP contribution in [0.15, 0.2) is 12.2 Å². The Morgan fingerprint density at radius 3 is 1.17 bits per heavy atom. The molecule has 0 aliphatic carbocycles. The summed E-state index contributed by atoms with van der Waals surface area (Å²) in [6.45, 7) is 32.0. The van der Waals surface area contributed by atoms with Crippen LogP contribution < -0.4 is 21.3 Å². The monoisotopic (exact) mass is 1210 g/mol. The highest BCUT2D eigenvalue weighted by molar-refractivity contribution is 5.99. The lowest BCUT2D eigenvalue weighted by Crippen LogP contribution is -2.62. The molecule has 1 saturated heterocycles. The van der Waals surface area contributed by atoms with E-state index in [-0.39, 0.29) is 61.7 Å². The Hall–Kier alpha value is -6.09. The molecule has 1 heterocycles. The summed E-state index contributed by atoms with van der Waals surface area (Å²) in [7, 11) is 10.3. The molecule has 11 atom stereocenters. The van der Waals surface area contributed by atoms with E-state index in [2.05, 4.69) is 21.3 Å². The zero-order valence-electron chi connectivity index (χ0n) is 57.3. The largest absolute Gasteiger partial charge is 0.343 e. The third-order valence-corrected chi connectivity index (χ3v) is 16.3. The normalized spacial score (nSPS) is 26.4. The molecule has 22 heteroatoms. The predicted octanol–water partition coefficient (Wildman–Crippen LogP) is 4.93. The van der Waals surface area contributed by atoms with Gasteiger partial charge in [0.25, 0.3) is 0 Å². The first-order valence-electron chi connectivity index (χ1n) is 31.4. The van der Waals surface area contributed by atoms with E-state index >= 15 is 9.59 Å². The summed E-state index contributed by atoms with van der Waals surface area (Å²) in [4.78, 5) is 170. The van der Waals surface area contributed by atoms with Crippen molar-refractivity contribution in [3.63, 3.8) is 0 Å². The Morgan fingerprint density at radius 1 is 0.384 bits per heavy atom. The second-order valence-corrected chi connectivity index (χ2v) is 27.1. The molecule has 22 nitrogen and oxygen atoms in total. The molecule has 0 aromatic heterocycles. The van der Waals surface area contributed by atoms with Gasteiger partial charge in [0, 0.05) is 49.3 Å². The molecule has 0 aromatic rings. The van der Waals surface area contributed by atoms with Crippen LogP contribution in [-0.4, -0.2) is 216 Å². The van der Waals surface area contributed by atoms with Crippen LogP contribution >= 0.6 is 0 Å². The van der Waals surface area contributed by atoms with Crippen molar-refractivity contribution in [2.75, 3.05) is 55.9 Å². The topological polar surface area (TPSA) is 259 Å². The number of amides is 11. The van der Waals surface area contributed by atoms with E-state index in [1.807, 2.05) is 81.4 Å². The van der Waals surface area contributed by atoms with Crippen molar-refractivity contribution >= 4 is 65.0 Å². The summed E-state index contributed by atoms with van der Waals surface area (Å²) >= 11 is 0. The summed E-state index contributed by atoms with van der Waals surface area (Å²) in [5.74, 6) is -8.84. The molecule has 1 fully saturated rings. The molecule has 0 aromatic carbocycles. The van der Waals surface area contributed by atoms with E-state index in [1.54, 1.807) is 41.5 Å². The Labute approximate surface area is 516 Å². The van der Waals surface area contributed by atoms with Gasteiger partial charge in [0.1, 0.15) is 60.4 Å². The molecule has 0 saturated carbocycles. The summed E-state index contributed by atoms with van der Waals surface area (Å²) in [6, 6.07) is -11.5. The van der Waals surface area contributed by atoms with Crippen molar-refractivity contribution in [2.24, 2.45) is 47.3 Å². The van der Waals surface area contributed by atoms with Crippen LogP contribution in [0.5, 0.6) is 0 Å². The minimum absolute atomic E-state index is 0.118. The summed E-state index contributed by atoms with van der Waals surface area (Å²) < 4.78 is 0. The van der Waals surface area contributed by atoms with Gasteiger partial charge in [0.2, 0.25) is 65.0 Å².